The molecule has 1 heterocycles. The maximum atomic E-state index is 12.0. The Morgan fingerprint density at radius 1 is 1.33 bits per heavy atom. The Labute approximate surface area is 127 Å². The average Bonchev–Trinajstić information content (AvgIpc) is 2.32. The van der Waals surface area contributed by atoms with Crippen LogP contribution in [0, 0.1) is 0 Å². The van der Waals surface area contributed by atoms with Crippen LogP contribution in [-0.2, 0) is 19.9 Å². The molecule has 0 aromatic rings. The minimum atomic E-state index is -3.21. The first-order valence-corrected chi connectivity index (χ1v) is 10.2. The number of guanidine groups is 1. The van der Waals surface area contributed by atoms with Crippen molar-refractivity contribution in [2.24, 2.45) is 4.99 Å². The van der Waals surface area contributed by atoms with Gasteiger partial charge in [-0.1, -0.05) is 0 Å². The van der Waals surface area contributed by atoms with Crippen LogP contribution < -0.4 is 10.0 Å². The van der Waals surface area contributed by atoms with Gasteiger partial charge in [0.25, 0.3) is 0 Å². The zero-order chi connectivity index (χ0) is 16.3. The average molecular weight is 340 g/mol. The van der Waals surface area contributed by atoms with E-state index in [0.29, 0.717) is 25.6 Å². The van der Waals surface area contributed by atoms with Gasteiger partial charge in [-0.05, 0) is 13.8 Å². The van der Waals surface area contributed by atoms with Gasteiger partial charge in [-0.25, -0.2) is 21.6 Å². The van der Waals surface area contributed by atoms with Crippen molar-refractivity contribution in [3.05, 3.63) is 0 Å². The number of hydrogen-bond acceptors (Lipinski definition) is 5. The van der Waals surface area contributed by atoms with Crippen LogP contribution in [-0.4, -0.2) is 77.7 Å². The third-order valence-corrected chi connectivity index (χ3v) is 6.59. The normalized spacial score (nSPS) is 22.1. The molecule has 2 N–H and O–H groups in total. The number of sulfone groups is 1. The Bertz CT molecular complexity index is 596. The minimum absolute atomic E-state index is 0.0856. The second-order valence-corrected chi connectivity index (χ2v) is 10.2. The summed E-state index contributed by atoms with van der Waals surface area (Å²) in [6.07, 6.45) is 1.10. The standard InChI is InChI=1S/C11H24N4O4S2/c1-11(2)9-15(7-8-21(11,18)19)10(12-3)13-5-6-14-20(4,16)17/h14H,5-9H2,1-4H3,(H,12,13). The highest BCUT2D eigenvalue weighted by atomic mass is 32.2. The molecule has 0 aromatic carbocycles. The van der Waals surface area contributed by atoms with Gasteiger partial charge in [0.05, 0.1) is 16.8 Å². The van der Waals surface area contributed by atoms with Crippen molar-refractivity contribution >= 4 is 25.8 Å². The molecule has 0 atom stereocenters. The summed E-state index contributed by atoms with van der Waals surface area (Å²) in [5, 5.41) is 3.03. The lowest BCUT2D eigenvalue weighted by molar-refractivity contribution is 0.353. The molecule has 0 spiro atoms. The van der Waals surface area contributed by atoms with E-state index in [1.165, 1.54) is 0 Å². The first-order chi connectivity index (χ1) is 9.48. The molecule has 0 amide bonds. The molecule has 0 bridgehead atoms. The van der Waals surface area contributed by atoms with Gasteiger partial charge in [-0.3, -0.25) is 4.99 Å². The SMILES string of the molecule is CN=C(NCCNS(C)(=O)=O)N1CCS(=O)(=O)C(C)(C)C1. The molecule has 1 fully saturated rings. The van der Waals surface area contributed by atoms with Crippen molar-refractivity contribution in [2.75, 3.05) is 45.2 Å². The monoisotopic (exact) mass is 340 g/mol. The first kappa shape index (κ1) is 18.2. The number of sulfonamides is 1. The van der Waals surface area contributed by atoms with E-state index in [1.807, 2.05) is 4.90 Å². The smallest absolute Gasteiger partial charge is 0.208 e. The van der Waals surface area contributed by atoms with Gasteiger partial charge >= 0.3 is 0 Å². The highest BCUT2D eigenvalue weighted by molar-refractivity contribution is 7.92. The third-order valence-electron chi connectivity index (χ3n) is 3.33. The van der Waals surface area contributed by atoms with Crippen LogP contribution >= 0.6 is 0 Å². The van der Waals surface area contributed by atoms with E-state index in [4.69, 9.17) is 0 Å². The van der Waals surface area contributed by atoms with E-state index >= 15 is 0 Å². The molecular formula is C11H24N4O4S2. The van der Waals surface area contributed by atoms with E-state index in [-0.39, 0.29) is 12.3 Å². The fraction of sp³-hybridized carbons (Fsp3) is 0.909. The fourth-order valence-corrected chi connectivity index (χ4v) is 3.91. The van der Waals surface area contributed by atoms with Crippen LogP contribution in [0.4, 0.5) is 0 Å². The highest BCUT2D eigenvalue weighted by Gasteiger charge is 2.40. The topological polar surface area (TPSA) is 108 Å². The lowest BCUT2D eigenvalue weighted by atomic mass is 10.2. The predicted molar refractivity (Wildman–Crippen MR) is 83.6 cm³/mol. The van der Waals surface area contributed by atoms with Crippen LogP contribution in [0.15, 0.2) is 4.99 Å². The van der Waals surface area contributed by atoms with Gasteiger partial charge in [-0.2, -0.15) is 0 Å². The number of rotatable bonds is 4. The maximum absolute atomic E-state index is 12.0. The summed E-state index contributed by atoms with van der Waals surface area (Å²) in [6, 6.07) is 0. The number of hydrogen-bond donors (Lipinski definition) is 2. The van der Waals surface area contributed by atoms with Crippen LogP contribution in [0.2, 0.25) is 0 Å². The summed E-state index contributed by atoms with van der Waals surface area (Å²) in [5.74, 6) is 0.663. The molecule has 0 unspecified atom stereocenters. The lowest BCUT2D eigenvalue weighted by Crippen LogP contribution is -2.57. The summed E-state index contributed by atoms with van der Waals surface area (Å²) in [5.41, 5.74) is 0. The summed E-state index contributed by atoms with van der Waals surface area (Å²) in [6.45, 7) is 4.76. The van der Waals surface area contributed by atoms with Crippen LogP contribution in [0.3, 0.4) is 0 Å². The number of nitrogens with one attached hydrogen (secondary N) is 2. The number of nitrogens with zero attached hydrogens (tertiary/aromatic N) is 2. The zero-order valence-electron chi connectivity index (χ0n) is 12.9. The second kappa shape index (κ2) is 6.49. The molecule has 0 saturated carbocycles. The predicted octanol–water partition coefficient (Wildman–Crippen LogP) is -1.38. The van der Waals surface area contributed by atoms with E-state index in [2.05, 4.69) is 15.0 Å². The molecular weight excluding hydrogens is 316 g/mol. The molecule has 1 aliphatic heterocycles. The van der Waals surface area contributed by atoms with Crippen molar-refractivity contribution in [1.29, 1.82) is 0 Å². The van der Waals surface area contributed by atoms with Crippen molar-refractivity contribution < 1.29 is 16.8 Å². The minimum Gasteiger partial charge on any atom is -0.355 e. The molecule has 0 aromatic heterocycles. The van der Waals surface area contributed by atoms with Gasteiger partial charge < -0.3 is 10.2 Å². The van der Waals surface area contributed by atoms with Gasteiger partial charge in [0.15, 0.2) is 15.8 Å². The third kappa shape index (κ3) is 5.11. The maximum Gasteiger partial charge on any atom is 0.208 e. The molecule has 1 rings (SSSR count). The van der Waals surface area contributed by atoms with Gasteiger partial charge in [0, 0.05) is 33.2 Å². The van der Waals surface area contributed by atoms with Crippen LogP contribution in [0.25, 0.3) is 0 Å². The van der Waals surface area contributed by atoms with E-state index in [9.17, 15) is 16.8 Å². The summed E-state index contributed by atoms with van der Waals surface area (Å²) in [4.78, 5) is 5.99. The summed E-state index contributed by atoms with van der Waals surface area (Å²) < 4.78 is 47.4. The quantitative estimate of drug-likeness (QED) is 0.371. The Morgan fingerprint density at radius 2 is 1.95 bits per heavy atom. The summed E-state index contributed by atoms with van der Waals surface area (Å²) >= 11 is 0. The Kier molecular flexibility index (Phi) is 5.62. The van der Waals surface area contributed by atoms with E-state index in [1.54, 1.807) is 20.9 Å². The van der Waals surface area contributed by atoms with Crippen molar-refractivity contribution in [2.45, 2.75) is 18.6 Å². The molecule has 1 saturated heterocycles. The molecule has 0 radical (unpaired) electrons. The molecule has 1 aliphatic rings. The largest absolute Gasteiger partial charge is 0.355 e. The van der Waals surface area contributed by atoms with Gasteiger partial charge in [0.2, 0.25) is 10.0 Å². The summed E-state index contributed by atoms with van der Waals surface area (Å²) in [7, 11) is -4.69. The first-order valence-electron chi connectivity index (χ1n) is 6.61. The molecule has 124 valence electrons. The van der Waals surface area contributed by atoms with Crippen LogP contribution in [0.1, 0.15) is 13.8 Å². The molecule has 10 heteroatoms. The van der Waals surface area contributed by atoms with E-state index < -0.39 is 24.6 Å². The molecule has 21 heavy (non-hydrogen) atoms. The van der Waals surface area contributed by atoms with E-state index in [0.717, 1.165) is 6.26 Å². The Hall–Kier alpha value is -0.870. The zero-order valence-corrected chi connectivity index (χ0v) is 14.5. The molecule has 8 nitrogen and oxygen atoms in total. The highest BCUT2D eigenvalue weighted by Crippen LogP contribution is 2.23. The second-order valence-electron chi connectivity index (χ2n) is 5.64. The number of aliphatic imine (C=N–C) groups is 1. The lowest BCUT2D eigenvalue weighted by Gasteiger charge is -2.39. The molecule has 0 aliphatic carbocycles. The van der Waals surface area contributed by atoms with Crippen molar-refractivity contribution in [1.82, 2.24) is 14.9 Å². The van der Waals surface area contributed by atoms with Crippen LogP contribution in [0.5, 0.6) is 0 Å². The Balaban J connectivity index is 2.59. The van der Waals surface area contributed by atoms with Crippen molar-refractivity contribution in [3.8, 4) is 0 Å². The Morgan fingerprint density at radius 3 is 2.43 bits per heavy atom. The van der Waals surface area contributed by atoms with Crippen molar-refractivity contribution in [3.63, 3.8) is 0 Å². The van der Waals surface area contributed by atoms with Gasteiger partial charge in [-0.15, -0.1) is 0 Å². The van der Waals surface area contributed by atoms with Gasteiger partial charge in [0.1, 0.15) is 0 Å². The fourth-order valence-electron chi connectivity index (χ4n) is 2.07.